The Morgan fingerprint density at radius 3 is 2.46 bits per heavy atom. The molecule has 1 unspecified atom stereocenters. The van der Waals surface area contributed by atoms with Crippen molar-refractivity contribution in [3.05, 3.63) is 0 Å². The molecule has 0 aromatic heterocycles. The molecule has 3 nitrogen and oxygen atoms in total. The highest BCUT2D eigenvalue weighted by molar-refractivity contribution is 5.85. The molecule has 1 aliphatic carbocycles. The summed E-state index contributed by atoms with van der Waals surface area (Å²) in [5, 5.41) is 12.2. The quantitative estimate of drug-likeness (QED) is 0.678. The molecule has 1 saturated heterocycles. The van der Waals surface area contributed by atoms with Crippen molar-refractivity contribution in [1.82, 2.24) is 5.32 Å². The summed E-state index contributed by atoms with van der Waals surface area (Å²) in [6.45, 7) is 1.68. The van der Waals surface area contributed by atoms with Gasteiger partial charge in [0.2, 0.25) is 0 Å². The van der Waals surface area contributed by atoms with Gasteiger partial charge >= 0.3 is 5.97 Å². The molecule has 1 aliphatic heterocycles. The van der Waals surface area contributed by atoms with E-state index >= 15 is 0 Å². The average molecular weight is 206 g/mol. The van der Waals surface area contributed by atoms with Gasteiger partial charge in [-0.05, 0) is 31.2 Å². The van der Waals surface area contributed by atoms with E-state index < -0.39 is 5.97 Å². The van der Waals surface area contributed by atoms with Gasteiger partial charge in [0, 0.05) is 6.54 Å². The van der Waals surface area contributed by atoms with Gasteiger partial charge in [0.15, 0.2) is 0 Å². The van der Waals surface area contributed by atoms with Crippen molar-refractivity contribution in [3.63, 3.8) is 0 Å². The lowest BCUT2D eigenvalue weighted by molar-refractivity contribution is -0.151. The Kier molecular flexibility index (Phi) is 3.19. The van der Waals surface area contributed by atoms with Crippen LogP contribution < -0.4 is 5.32 Å². The van der Waals surface area contributed by atoms with Gasteiger partial charge in [0.1, 0.15) is 0 Å². The Bertz CT molecular complexity index is 204. The molecule has 0 bridgehead atoms. The Hall–Kier alpha value is -0.280. The van der Waals surface area contributed by atoms with Gasteiger partial charge in [0.25, 0.3) is 0 Å². The number of rotatable bonds is 1. The normalized spacial score (nSPS) is 30.3. The Morgan fingerprint density at radius 2 is 2.08 bits per heavy atom. The summed E-state index contributed by atoms with van der Waals surface area (Å²) in [5.41, 5.74) is 0.178. The second-order valence-electron chi connectivity index (χ2n) is 4.06. The van der Waals surface area contributed by atoms with Gasteiger partial charge in [-0.3, -0.25) is 4.79 Å². The van der Waals surface area contributed by atoms with Crippen molar-refractivity contribution < 1.29 is 9.90 Å². The lowest BCUT2D eigenvalue weighted by Crippen LogP contribution is -2.52. The summed E-state index contributed by atoms with van der Waals surface area (Å²) >= 11 is 0. The van der Waals surface area contributed by atoms with Gasteiger partial charge < -0.3 is 10.4 Å². The standard InChI is InChI=1S/C9H15NO2.ClH/c11-8(12)7-6-10-5-4-9(7)2-1-3-9;/h7,10H,1-6H2,(H,11,12);1H. The maximum atomic E-state index is 10.9. The van der Waals surface area contributed by atoms with E-state index in [2.05, 4.69) is 5.32 Å². The second kappa shape index (κ2) is 3.84. The van der Waals surface area contributed by atoms with Crippen LogP contribution >= 0.6 is 12.4 Å². The van der Waals surface area contributed by atoms with Crippen LogP contribution in [0.15, 0.2) is 0 Å². The highest BCUT2D eigenvalue weighted by atomic mass is 35.5. The van der Waals surface area contributed by atoms with Crippen LogP contribution in [0.1, 0.15) is 25.7 Å². The minimum Gasteiger partial charge on any atom is -0.481 e. The minimum absolute atomic E-state index is 0. The number of carbonyl (C=O) groups is 1. The monoisotopic (exact) mass is 205 g/mol. The first kappa shape index (κ1) is 10.8. The number of hydrogen-bond acceptors (Lipinski definition) is 2. The van der Waals surface area contributed by atoms with E-state index in [4.69, 9.17) is 5.11 Å². The van der Waals surface area contributed by atoms with Gasteiger partial charge in [-0.2, -0.15) is 0 Å². The third kappa shape index (κ3) is 1.67. The van der Waals surface area contributed by atoms with Crippen LogP contribution in [-0.2, 0) is 4.79 Å². The van der Waals surface area contributed by atoms with E-state index in [-0.39, 0.29) is 23.7 Å². The number of hydrogen-bond donors (Lipinski definition) is 2. The predicted molar refractivity (Wildman–Crippen MR) is 52.1 cm³/mol. The zero-order chi connectivity index (χ0) is 8.60. The summed E-state index contributed by atoms with van der Waals surface area (Å²) in [5.74, 6) is -0.734. The van der Waals surface area contributed by atoms with Crippen LogP contribution in [0.2, 0.25) is 0 Å². The number of carboxylic acid groups (broad SMARTS) is 1. The van der Waals surface area contributed by atoms with Gasteiger partial charge in [0.05, 0.1) is 5.92 Å². The summed E-state index contributed by atoms with van der Waals surface area (Å²) in [4.78, 5) is 10.9. The molecule has 2 fully saturated rings. The summed E-state index contributed by atoms with van der Waals surface area (Å²) in [6.07, 6.45) is 4.55. The van der Waals surface area contributed by atoms with Crippen molar-refractivity contribution in [3.8, 4) is 0 Å². The minimum atomic E-state index is -0.609. The fourth-order valence-corrected chi connectivity index (χ4v) is 2.55. The molecule has 4 heteroatoms. The molecule has 1 saturated carbocycles. The summed E-state index contributed by atoms with van der Waals surface area (Å²) < 4.78 is 0. The molecule has 0 amide bonds. The number of aliphatic carboxylic acids is 1. The molecule has 1 spiro atoms. The first-order valence-electron chi connectivity index (χ1n) is 4.68. The Labute approximate surface area is 84.3 Å². The molecule has 2 N–H and O–H groups in total. The fraction of sp³-hybridized carbons (Fsp3) is 0.889. The van der Waals surface area contributed by atoms with Crippen LogP contribution in [0.3, 0.4) is 0 Å². The van der Waals surface area contributed by atoms with Crippen molar-refractivity contribution in [2.45, 2.75) is 25.7 Å². The molecule has 2 aliphatic rings. The predicted octanol–water partition coefficient (Wildman–Crippen LogP) is 1.27. The van der Waals surface area contributed by atoms with Crippen molar-refractivity contribution in [1.29, 1.82) is 0 Å². The molecule has 2 rings (SSSR count). The topological polar surface area (TPSA) is 49.3 Å². The lowest BCUT2D eigenvalue weighted by Gasteiger charge is -2.49. The molecular formula is C9H16ClNO2. The number of nitrogens with one attached hydrogen (secondary N) is 1. The smallest absolute Gasteiger partial charge is 0.308 e. The first-order valence-corrected chi connectivity index (χ1v) is 4.68. The zero-order valence-corrected chi connectivity index (χ0v) is 8.40. The van der Waals surface area contributed by atoms with Crippen molar-refractivity contribution in [2.75, 3.05) is 13.1 Å². The second-order valence-corrected chi connectivity index (χ2v) is 4.06. The van der Waals surface area contributed by atoms with E-state index in [1.807, 2.05) is 0 Å². The van der Waals surface area contributed by atoms with E-state index in [1.165, 1.54) is 6.42 Å². The van der Waals surface area contributed by atoms with Crippen LogP contribution in [0.5, 0.6) is 0 Å². The van der Waals surface area contributed by atoms with Crippen molar-refractivity contribution >= 4 is 18.4 Å². The van der Waals surface area contributed by atoms with E-state index in [0.29, 0.717) is 6.54 Å². The van der Waals surface area contributed by atoms with Crippen LogP contribution in [0, 0.1) is 11.3 Å². The largest absolute Gasteiger partial charge is 0.481 e. The first-order chi connectivity index (χ1) is 5.75. The molecular weight excluding hydrogens is 190 g/mol. The Balaban J connectivity index is 0.000000845. The Morgan fingerprint density at radius 1 is 1.38 bits per heavy atom. The third-order valence-electron chi connectivity index (χ3n) is 3.53. The number of carboxylic acids is 1. The van der Waals surface area contributed by atoms with E-state index in [9.17, 15) is 4.79 Å². The lowest BCUT2D eigenvalue weighted by atomic mass is 9.58. The average Bonchev–Trinajstić information content (AvgIpc) is 2.01. The van der Waals surface area contributed by atoms with Crippen LogP contribution in [0.4, 0.5) is 0 Å². The van der Waals surface area contributed by atoms with Gasteiger partial charge in [-0.25, -0.2) is 0 Å². The van der Waals surface area contributed by atoms with Crippen molar-refractivity contribution in [2.24, 2.45) is 11.3 Å². The maximum Gasteiger partial charge on any atom is 0.308 e. The summed E-state index contributed by atoms with van der Waals surface area (Å²) in [6, 6.07) is 0. The summed E-state index contributed by atoms with van der Waals surface area (Å²) in [7, 11) is 0. The molecule has 0 radical (unpaired) electrons. The van der Waals surface area contributed by atoms with Gasteiger partial charge in [-0.15, -0.1) is 12.4 Å². The van der Waals surface area contributed by atoms with E-state index in [1.54, 1.807) is 0 Å². The third-order valence-corrected chi connectivity index (χ3v) is 3.53. The maximum absolute atomic E-state index is 10.9. The molecule has 1 atom stereocenters. The van der Waals surface area contributed by atoms with Crippen LogP contribution in [-0.4, -0.2) is 24.2 Å². The highest BCUT2D eigenvalue weighted by Gasteiger charge is 2.48. The molecule has 0 aromatic rings. The highest BCUT2D eigenvalue weighted by Crippen LogP contribution is 2.50. The molecule has 0 aromatic carbocycles. The SMILES string of the molecule is Cl.O=C(O)C1CNCCC12CCC2. The number of halogens is 1. The number of piperidine rings is 1. The molecule has 1 heterocycles. The fourth-order valence-electron chi connectivity index (χ4n) is 2.55. The van der Waals surface area contributed by atoms with Gasteiger partial charge in [-0.1, -0.05) is 6.42 Å². The zero-order valence-electron chi connectivity index (χ0n) is 7.58. The van der Waals surface area contributed by atoms with Crippen LogP contribution in [0.25, 0.3) is 0 Å². The van der Waals surface area contributed by atoms with E-state index in [0.717, 1.165) is 25.8 Å². The molecule has 76 valence electrons. The molecule has 13 heavy (non-hydrogen) atoms.